The van der Waals surface area contributed by atoms with Crippen LogP contribution in [0.25, 0.3) is 0 Å². The fourth-order valence-electron chi connectivity index (χ4n) is 2.79. The van der Waals surface area contributed by atoms with Crippen molar-refractivity contribution in [3.63, 3.8) is 0 Å². The van der Waals surface area contributed by atoms with Crippen LogP contribution in [-0.2, 0) is 0 Å². The van der Waals surface area contributed by atoms with E-state index in [9.17, 15) is 4.79 Å². The largest absolute Gasteiger partial charge is 0.398 e. The van der Waals surface area contributed by atoms with Crippen molar-refractivity contribution in [2.45, 2.75) is 18.9 Å². The van der Waals surface area contributed by atoms with Gasteiger partial charge in [0.25, 0.3) is 5.91 Å². The smallest absolute Gasteiger partial charge is 0.256 e. The third kappa shape index (κ3) is 2.25. The average Bonchev–Trinajstić information content (AvgIpc) is 2.97. The summed E-state index contributed by atoms with van der Waals surface area (Å²) in [6.45, 7) is 0.778. The number of nitrogens with two attached hydrogens (primary N) is 1. The van der Waals surface area contributed by atoms with Gasteiger partial charge in [-0.1, -0.05) is 12.1 Å². The van der Waals surface area contributed by atoms with Crippen LogP contribution >= 0.6 is 0 Å². The summed E-state index contributed by atoms with van der Waals surface area (Å²) < 4.78 is 0. The van der Waals surface area contributed by atoms with Gasteiger partial charge in [-0.2, -0.15) is 0 Å². The van der Waals surface area contributed by atoms with Gasteiger partial charge in [0.2, 0.25) is 0 Å². The molecule has 2 aromatic rings. The molecule has 1 fully saturated rings. The number of aromatic nitrogens is 1. The predicted molar refractivity (Wildman–Crippen MR) is 78.1 cm³/mol. The number of anilines is 1. The first-order valence-electron chi connectivity index (χ1n) is 6.83. The molecule has 102 valence electrons. The van der Waals surface area contributed by atoms with E-state index in [0.717, 1.165) is 24.9 Å². The Kier molecular flexibility index (Phi) is 3.37. The molecule has 1 aliphatic heterocycles. The lowest BCUT2D eigenvalue weighted by molar-refractivity contribution is 0.0736. The molecule has 0 saturated carbocycles. The van der Waals surface area contributed by atoms with E-state index in [0.29, 0.717) is 11.3 Å². The lowest BCUT2D eigenvalue weighted by atomic mass is 10.1. The number of pyridine rings is 1. The van der Waals surface area contributed by atoms with Crippen molar-refractivity contribution in [3.8, 4) is 0 Å². The minimum atomic E-state index is 0.0161. The topological polar surface area (TPSA) is 59.2 Å². The first-order valence-corrected chi connectivity index (χ1v) is 6.83. The summed E-state index contributed by atoms with van der Waals surface area (Å²) in [6.07, 6.45) is 5.55. The normalized spacial score (nSPS) is 18.2. The third-order valence-corrected chi connectivity index (χ3v) is 3.80. The second kappa shape index (κ2) is 5.33. The monoisotopic (exact) mass is 267 g/mol. The second-order valence-corrected chi connectivity index (χ2v) is 5.02. The Hall–Kier alpha value is -2.36. The van der Waals surface area contributed by atoms with E-state index in [-0.39, 0.29) is 11.9 Å². The Morgan fingerprint density at radius 3 is 2.70 bits per heavy atom. The molecule has 1 aromatic heterocycles. The number of amides is 1. The molecule has 1 atom stereocenters. The Bertz CT molecular complexity index is 612. The summed E-state index contributed by atoms with van der Waals surface area (Å²) in [5, 5.41) is 0. The summed E-state index contributed by atoms with van der Waals surface area (Å²) in [4.78, 5) is 18.6. The fraction of sp³-hybridized carbons (Fsp3) is 0.250. The zero-order chi connectivity index (χ0) is 13.9. The molecular weight excluding hydrogens is 250 g/mol. The summed E-state index contributed by atoms with van der Waals surface area (Å²) in [6, 6.07) is 11.3. The molecule has 1 saturated heterocycles. The Balaban J connectivity index is 1.90. The Labute approximate surface area is 118 Å². The fourth-order valence-corrected chi connectivity index (χ4v) is 2.79. The molecule has 20 heavy (non-hydrogen) atoms. The van der Waals surface area contributed by atoms with Crippen molar-refractivity contribution >= 4 is 11.6 Å². The molecule has 1 amide bonds. The number of hydrogen-bond acceptors (Lipinski definition) is 3. The molecule has 2 heterocycles. The zero-order valence-corrected chi connectivity index (χ0v) is 11.2. The standard InChI is InChI=1S/C16H17N3O/c17-14-5-2-1-4-13(14)16(20)19-11-3-6-15(19)12-7-9-18-10-8-12/h1-2,4-5,7-10,15H,3,6,11,17H2. The quantitative estimate of drug-likeness (QED) is 0.851. The molecule has 4 heteroatoms. The first kappa shape index (κ1) is 12.7. The maximum absolute atomic E-state index is 12.7. The summed E-state index contributed by atoms with van der Waals surface area (Å²) in [5.74, 6) is 0.0161. The zero-order valence-electron chi connectivity index (χ0n) is 11.2. The molecule has 3 rings (SSSR count). The molecule has 0 bridgehead atoms. The van der Waals surface area contributed by atoms with Gasteiger partial charge in [0.05, 0.1) is 11.6 Å². The molecule has 2 N–H and O–H groups in total. The maximum Gasteiger partial charge on any atom is 0.256 e. The maximum atomic E-state index is 12.7. The van der Waals surface area contributed by atoms with E-state index < -0.39 is 0 Å². The minimum Gasteiger partial charge on any atom is -0.398 e. The first-order chi connectivity index (χ1) is 9.77. The van der Waals surface area contributed by atoms with Crippen LogP contribution in [-0.4, -0.2) is 22.3 Å². The summed E-state index contributed by atoms with van der Waals surface area (Å²) in [7, 11) is 0. The molecule has 4 nitrogen and oxygen atoms in total. The number of likely N-dealkylation sites (tertiary alicyclic amines) is 1. The summed E-state index contributed by atoms with van der Waals surface area (Å²) in [5.41, 5.74) is 8.19. The van der Waals surface area contributed by atoms with Crippen molar-refractivity contribution in [2.75, 3.05) is 12.3 Å². The highest BCUT2D eigenvalue weighted by atomic mass is 16.2. The number of benzene rings is 1. The number of carbonyl (C=O) groups excluding carboxylic acids is 1. The van der Waals surface area contributed by atoms with Gasteiger partial charge in [-0.05, 0) is 42.7 Å². The molecule has 1 aliphatic rings. The predicted octanol–water partition coefficient (Wildman–Crippen LogP) is 2.64. The van der Waals surface area contributed by atoms with Crippen LogP contribution < -0.4 is 5.73 Å². The molecule has 0 spiro atoms. The van der Waals surface area contributed by atoms with Crippen LogP contribution in [0.5, 0.6) is 0 Å². The third-order valence-electron chi connectivity index (χ3n) is 3.80. The number of carbonyl (C=O) groups is 1. The van der Waals surface area contributed by atoms with Crippen LogP contribution in [0, 0.1) is 0 Å². The highest BCUT2D eigenvalue weighted by Gasteiger charge is 2.31. The molecule has 1 unspecified atom stereocenters. The second-order valence-electron chi connectivity index (χ2n) is 5.02. The van der Waals surface area contributed by atoms with Crippen LogP contribution in [0.1, 0.15) is 34.8 Å². The van der Waals surface area contributed by atoms with E-state index in [1.807, 2.05) is 29.2 Å². The van der Waals surface area contributed by atoms with Gasteiger partial charge >= 0.3 is 0 Å². The average molecular weight is 267 g/mol. The molecule has 0 radical (unpaired) electrons. The lowest BCUT2D eigenvalue weighted by Gasteiger charge is -2.25. The number of rotatable bonds is 2. The Morgan fingerprint density at radius 1 is 1.20 bits per heavy atom. The van der Waals surface area contributed by atoms with Crippen molar-refractivity contribution in [2.24, 2.45) is 0 Å². The minimum absolute atomic E-state index is 0.0161. The van der Waals surface area contributed by atoms with Crippen molar-refractivity contribution in [1.82, 2.24) is 9.88 Å². The van der Waals surface area contributed by atoms with Gasteiger partial charge in [0, 0.05) is 24.6 Å². The van der Waals surface area contributed by atoms with Crippen LogP contribution in [0.4, 0.5) is 5.69 Å². The number of hydrogen-bond donors (Lipinski definition) is 1. The van der Waals surface area contributed by atoms with E-state index in [1.165, 1.54) is 0 Å². The van der Waals surface area contributed by atoms with Crippen LogP contribution in [0.15, 0.2) is 48.8 Å². The van der Waals surface area contributed by atoms with Crippen molar-refractivity contribution in [1.29, 1.82) is 0 Å². The summed E-state index contributed by atoms with van der Waals surface area (Å²) >= 11 is 0. The van der Waals surface area contributed by atoms with Gasteiger partial charge in [-0.3, -0.25) is 9.78 Å². The number of nitrogen functional groups attached to an aromatic ring is 1. The van der Waals surface area contributed by atoms with Gasteiger partial charge in [0.1, 0.15) is 0 Å². The van der Waals surface area contributed by atoms with E-state index >= 15 is 0 Å². The van der Waals surface area contributed by atoms with E-state index in [1.54, 1.807) is 24.5 Å². The number of nitrogens with zero attached hydrogens (tertiary/aromatic N) is 2. The van der Waals surface area contributed by atoms with Gasteiger partial charge in [-0.25, -0.2) is 0 Å². The highest BCUT2D eigenvalue weighted by molar-refractivity contribution is 5.99. The SMILES string of the molecule is Nc1ccccc1C(=O)N1CCCC1c1ccncc1. The van der Waals surface area contributed by atoms with Crippen LogP contribution in [0.2, 0.25) is 0 Å². The van der Waals surface area contributed by atoms with Gasteiger partial charge < -0.3 is 10.6 Å². The highest BCUT2D eigenvalue weighted by Crippen LogP contribution is 2.33. The van der Waals surface area contributed by atoms with E-state index in [2.05, 4.69) is 4.98 Å². The van der Waals surface area contributed by atoms with Crippen molar-refractivity contribution in [3.05, 3.63) is 59.9 Å². The molecule has 1 aromatic carbocycles. The van der Waals surface area contributed by atoms with Crippen LogP contribution in [0.3, 0.4) is 0 Å². The van der Waals surface area contributed by atoms with E-state index in [4.69, 9.17) is 5.73 Å². The molecule has 0 aliphatic carbocycles. The van der Waals surface area contributed by atoms with Gasteiger partial charge in [0.15, 0.2) is 0 Å². The van der Waals surface area contributed by atoms with Crippen molar-refractivity contribution < 1.29 is 4.79 Å². The van der Waals surface area contributed by atoms with Gasteiger partial charge in [-0.15, -0.1) is 0 Å². The molecular formula is C16H17N3O. The Morgan fingerprint density at radius 2 is 1.95 bits per heavy atom. The number of para-hydroxylation sites is 1. The lowest BCUT2D eigenvalue weighted by Crippen LogP contribution is -2.31.